The van der Waals surface area contributed by atoms with E-state index in [0.717, 1.165) is 6.42 Å². The molecule has 0 radical (unpaired) electrons. The number of amides is 1. The Bertz CT molecular complexity index is 260. The maximum atomic E-state index is 10.7. The molecule has 0 bridgehead atoms. The summed E-state index contributed by atoms with van der Waals surface area (Å²) < 4.78 is 0. The zero-order valence-electron chi connectivity index (χ0n) is 6.46. The summed E-state index contributed by atoms with van der Waals surface area (Å²) in [5.74, 6) is 0.172. The Kier molecular flexibility index (Phi) is 2.05. The van der Waals surface area contributed by atoms with Crippen LogP contribution in [0.25, 0.3) is 0 Å². The van der Waals surface area contributed by atoms with Crippen molar-refractivity contribution in [3.05, 3.63) is 0 Å². The summed E-state index contributed by atoms with van der Waals surface area (Å²) >= 11 is 0. The van der Waals surface area contributed by atoms with Crippen LogP contribution in [0.4, 0.5) is 0 Å². The van der Waals surface area contributed by atoms with Crippen LogP contribution in [-0.2, 0) is 9.59 Å². The van der Waals surface area contributed by atoms with Crippen molar-refractivity contribution < 1.29 is 14.7 Å². The normalized spacial score (nSPS) is 18.6. The summed E-state index contributed by atoms with van der Waals surface area (Å²) in [4.78, 5) is 21.4. The van der Waals surface area contributed by atoms with Gasteiger partial charge in [0.1, 0.15) is 5.54 Å². The third-order valence-corrected chi connectivity index (χ3v) is 2.10. The fraction of sp³-hybridized carbons (Fsp3) is 0.500. The van der Waals surface area contributed by atoms with E-state index in [0.29, 0.717) is 12.8 Å². The number of carboxylic acids is 1. The lowest BCUT2D eigenvalue weighted by molar-refractivity contribution is -0.150. The van der Waals surface area contributed by atoms with Crippen LogP contribution in [0.1, 0.15) is 19.3 Å². The van der Waals surface area contributed by atoms with Crippen molar-refractivity contribution in [3.8, 4) is 12.3 Å². The SMILES string of the molecule is C#CC(=O)NC1(C(=O)O)CCC1. The van der Waals surface area contributed by atoms with E-state index in [9.17, 15) is 9.59 Å². The molecule has 1 aliphatic rings. The zero-order chi connectivity index (χ0) is 9.19. The van der Waals surface area contributed by atoms with Crippen molar-refractivity contribution in [3.63, 3.8) is 0 Å². The van der Waals surface area contributed by atoms with E-state index in [4.69, 9.17) is 11.5 Å². The second-order valence-electron chi connectivity index (χ2n) is 2.84. The average molecular weight is 167 g/mol. The lowest BCUT2D eigenvalue weighted by atomic mass is 9.77. The predicted molar refractivity (Wildman–Crippen MR) is 41.2 cm³/mol. The molecule has 0 aliphatic heterocycles. The van der Waals surface area contributed by atoms with Gasteiger partial charge in [-0.25, -0.2) is 4.79 Å². The first kappa shape index (κ1) is 8.60. The summed E-state index contributed by atoms with van der Waals surface area (Å²) in [5.41, 5.74) is -1.08. The number of rotatable bonds is 2. The molecule has 1 fully saturated rings. The number of aliphatic carboxylic acids is 1. The highest BCUT2D eigenvalue weighted by Crippen LogP contribution is 2.31. The second kappa shape index (κ2) is 2.86. The molecule has 0 spiro atoms. The van der Waals surface area contributed by atoms with Crippen LogP contribution in [0.15, 0.2) is 0 Å². The van der Waals surface area contributed by atoms with Gasteiger partial charge in [-0.15, -0.1) is 6.42 Å². The van der Waals surface area contributed by atoms with Crippen LogP contribution in [0.2, 0.25) is 0 Å². The minimum atomic E-state index is -1.08. The Hall–Kier alpha value is -1.50. The van der Waals surface area contributed by atoms with Crippen molar-refractivity contribution in [2.75, 3.05) is 0 Å². The molecule has 0 saturated heterocycles. The van der Waals surface area contributed by atoms with Crippen molar-refractivity contribution in [1.82, 2.24) is 5.32 Å². The Morgan fingerprint density at radius 1 is 1.50 bits per heavy atom. The van der Waals surface area contributed by atoms with Crippen LogP contribution in [0, 0.1) is 12.3 Å². The van der Waals surface area contributed by atoms with Crippen LogP contribution in [-0.4, -0.2) is 22.5 Å². The van der Waals surface area contributed by atoms with Gasteiger partial charge in [0.25, 0.3) is 5.91 Å². The van der Waals surface area contributed by atoms with Gasteiger partial charge in [0.2, 0.25) is 0 Å². The Morgan fingerprint density at radius 2 is 2.08 bits per heavy atom. The highest BCUT2D eigenvalue weighted by molar-refractivity contribution is 5.97. The molecule has 12 heavy (non-hydrogen) atoms. The number of carbonyl (C=O) groups excluding carboxylic acids is 1. The number of nitrogens with one attached hydrogen (secondary N) is 1. The molecule has 1 saturated carbocycles. The van der Waals surface area contributed by atoms with E-state index < -0.39 is 17.4 Å². The topological polar surface area (TPSA) is 66.4 Å². The summed E-state index contributed by atoms with van der Waals surface area (Å²) in [5, 5.41) is 11.0. The van der Waals surface area contributed by atoms with Gasteiger partial charge in [0.05, 0.1) is 0 Å². The molecule has 0 unspecified atom stereocenters. The molecule has 0 heterocycles. The molecule has 0 atom stereocenters. The molecule has 1 amide bonds. The molecule has 4 heteroatoms. The molecule has 4 nitrogen and oxygen atoms in total. The third kappa shape index (κ3) is 1.26. The van der Waals surface area contributed by atoms with Crippen LogP contribution < -0.4 is 5.32 Å². The highest BCUT2D eigenvalue weighted by Gasteiger charge is 2.45. The fourth-order valence-corrected chi connectivity index (χ4v) is 1.18. The minimum absolute atomic E-state index is 0.468. The Labute approximate surface area is 70.0 Å². The summed E-state index contributed by atoms with van der Waals surface area (Å²) in [6.45, 7) is 0. The zero-order valence-corrected chi connectivity index (χ0v) is 6.46. The van der Waals surface area contributed by atoms with Gasteiger partial charge in [-0.3, -0.25) is 4.79 Å². The fourth-order valence-electron chi connectivity index (χ4n) is 1.18. The first-order valence-electron chi connectivity index (χ1n) is 3.63. The Balaban J connectivity index is 2.64. The van der Waals surface area contributed by atoms with E-state index in [1.807, 2.05) is 5.92 Å². The smallest absolute Gasteiger partial charge is 0.329 e. The van der Waals surface area contributed by atoms with E-state index in [-0.39, 0.29) is 0 Å². The van der Waals surface area contributed by atoms with Gasteiger partial charge in [0.15, 0.2) is 0 Å². The summed E-state index contributed by atoms with van der Waals surface area (Å²) in [6.07, 6.45) is 6.56. The van der Waals surface area contributed by atoms with Crippen LogP contribution in [0.3, 0.4) is 0 Å². The van der Waals surface area contributed by atoms with Gasteiger partial charge in [0, 0.05) is 0 Å². The first-order chi connectivity index (χ1) is 5.60. The molecular formula is C8H9NO3. The number of carboxylic acid groups (broad SMARTS) is 1. The maximum Gasteiger partial charge on any atom is 0.329 e. The molecule has 0 aromatic heterocycles. The van der Waals surface area contributed by atoms with Gasteiger partial charge >= 0.3 is 5.97 Å². The molecule has 1 rings (SSSR count). The standard InChI is InChI=1S/C8H9NO3/c1-2-6(10)9-8(7(11)12)4-3-5-8/h1H,3-5H2,(H,9,10)(H,11,12). The predicted octanol–water partition coefficient (Wildman–Crippen LogP) is -0.257. The van der Waals surface area contributed by atoms with Gasteiger partial charge < -0.3 is 10.4 Å². The van der Waals surface area contributed by atoms with Crippen molar-refractivity contribution in [1.29, 1.82) is 0 Å². The minimum Gasteiger partial charge on any atom is -0.480 e. The van der Waals surface area contributed by atoms with Crippen molar-refractivity contribution >= 4 is 11.9 Å². The first-order valence-corrected chi connectivity index (χ1v) is 3.63. The quantitative estimate of drug-likeness (QED) is 0.557. The third-order valence-electron chi connectivity index (χ3n) is 2.10. The molecule has 0 aromatic rings. The van der Waals surface area contributed by atoms with Gasteiger partial charge in [-0.2, -0.15) is 0 Å². The van der Waals surface area contributed by atoms with E-state index in [1.54, 1.807) is 0 Å². The molecule has 0 aromatic carbocycles. The number of hydrogen-bond acceptors (Lipinski definition) is 2. The Morgan fingerprint density at radius 3 is 2.33 bits per heavy atom. The van der Waals surface area contributed by atoms with Crippen LogP contribution in [0.5, 0.6) is 0 Å². The van der Waals surface area contributed by atoms with E-state index >= 15 is 0 Å². The van der Waals surface area contributed by atoms with Gasteiger partial charge in [-0.1, -0.05) is 0 Å². The summed E-state index contributed by atoms with van der Waals surface area (Å²) in [7, 11) is 0. The molecular weight excluding hydrogens is 158 g/mol. The number of hydrogen-bond donors (Lipinski definition) is 2. The molecule has 1 aliphatic carbocycles. The van der Waals surface area contributed by atoms with E-state index in [1.165, 1.54) is 0 Å². The van der Waals surface area contributed by atoms with E-state index in [2.05, 4.69) is 5.32 Å². The number of terminal acetylenes is 1. The van der Waals surface area contributed by atoms with Gasteiger partial charge in [-0.05, 0) is 25.2 Å². The van der Waals surface area contributed by atoms with Crippen molar-refractivity contribution in [2.45, 2.75) is 24.8 Å². The lowest BCUT2D eigenvalue weighted by Gasteiger charge is -2.37. The maximum absolute atomic E-state index is 10.7. The lowest BCUT2D eigenvalue weighted by Crippen LogP contribution is -2.58. The molecule has 2 N–H and O–H groups in total. The van der Waals surface area contributed by atoms with Crippen molar-refractivity contribution in [2.24, 2.45) is 0 Å². The van der Waals surface area contributed by atoms with Crippen LogP contribution >= 0.6 is 0 Å². The molecule has 64 valence electrons. The number of carbonyl (C=O) groups is 2. The highest BCUT2D eigenvalue weighted by atomic mass is 16.4. The second-order valence-corrected chi connectivity index (χ2v) is 2.84. The average Bonchev–Trinajstić information content (AvgIpc) is 1.95. The monoisotopic (exact) mass is 167 g/mol. The largest absolute Gasteiger partial charge is 0.480 e. The summed E-state index contributed by atoms with van der Waals surface area (Å²) in [6, 6.07) is 0.